The number of nitrogens with one attached hydrogen (secondary N) is 2. The zero-order valence-corrected chi connectivity index (χ0v) is 22.6. The standard InChI is InChI=1S/C24H28ClN7O4S/c1-24(2,3)36-22(34)26-14-6-5-9-31(11-14)21-28-18-19(29-21)30(4)23(35)32(20(18)33)12-17-27-15-10-13(25)7-8-16(15)37-17/h7-8,10,14H,5-6,9,11-12H2,1-4H3,(H,26,34)(H,28,29)/t14-/m1/s1. The maximum Gasteiger partial charge on any atom is 0.407 e. The Balaban J connectivity index is 1.42. The van der Waals surface area contributed by atoms with Gasteiger partial charge in [-0.3, -0.25) is 13.9 Å². The smallest absolute Gasteiger partial charge is 0.407 e. The number of hydrogen-bond donors (Lipinski definition) is 2. The van der Waals surface area contributed by atoms with Crippen LogP contribution in [0.5, 0.6) is 0 Å². The van der Waals surface area contributed by atoms with Gasteiger partial charge >= 0.3 is 11.8 Å². The number of hydrogen-bond acceptors (Lipinski definition) is 8. The summed E-state index contributed by atoms with van der Waals surface area (Å²) in [5.74, 6) is 0.477. The minimum Gasteiger partial charge on any atom is -0.444 e. The number of nitrogens with zero attached hydrogens (tertiary/aromatic N) is 5. The number of thiazole rings is 1. The summed E-state index contributed by atoms with van der Waals surface area (Å²) in [6, 6.07) is 5.27. The van der Waals surface area contributed by atoms with Crippen LogP contribution in [0, 0.1) is 0 Å². The number of alkyl carbamates (subject to hydrolysis) is 1. The number of piperidine rings is 1. The van der Waals surface area contributed by atoms with E-state index < -0.39 is 22.9 Å². The van der Waals surface area contributed by atoms with E-state index in [2.05, 4.69) is 20.3 Å². The molecule has 0 saturated carbocycles. The monoisotopic (exact) mass is 545 g/mol. The number of carbonyl (C=O) groups is 1. The largest absolute Gasteiger partial charge is 0.444 e. The normalized spacial score (nSPS) is 16.5. The van der Waals surface area contributed by atoms with Gasteiger partial charge in [0.15, 0.2) is 11.2 Å². The van der Waals surface area contributed by atoms with Crippen LogP contribution in [0.25, 0.3) is 21.4 Å². The number of amides is 1. The zero-order valence-electron chi connectivity index (χ0n) is 21.0. The molecule has 13 heteroatoms. The highest BCUT2D eigenvalue weighted by Crippen LogP contribution is 2.25. The highest BCUT2D eigenvalue weighted by atomic mass is 35.5. The van der Waals surface area contributed by atoms with Crippen molar-refractivity contribution in [3.8, 4) is 0 Å². The van der Waals surface area contributed by atoms with Crippen LogP contribution in [0.1, 0.15) is 38.6 Å². The summed E-state index contributed by atoms with van der Waals surface area (Å²) in [6.45, 7) is 6.68. The maximum absolute atomic E-state index is 13.4. The fourth-order valence-corrected chi connectivity index (χ4v) is 5.54. The van der Waals surface area contributed by atoms with Gasteiger partial charge in [-0.2, -0.15) is 4.98 Å². The second-order valence-electron chi connectivity index (χ2n) is 10.1. The zero-order chi connectivity index (χ0) is 26.5. The number of imidazole rings is 1. The van der Waals surface area contributed by atoms with Gasteiger partial charge in [-0.25, -0.2) is 14.6 Å². The Bertz CT molecular complexity index is 1610. The predicted molar refractivity (Wildman–Crippen MR) is 144 cm³/mol. The molecule has 5 rings (SSSR count). The molecular weight excluding hydrogens is 518 g/mol. The number of ether oxygens (including phenoxy) is 1. The number of aromatic amines is 1. The molecule has 2 N–H and O–H groups in total. The number of carbonyl (C=O) groups excluding carboxylic acids is 1. The Hall–Kier alpha value is -3.38. The van der Waals surface area contributed by atoms with Gasteiger partial charge in [0.2, 0.25) is 5.95 Å². The van der Waals surface area contributed by atoms with Crippen LogP contribution in [0.15, 0.2) is 27.8 Å². The highest BCUT2D eigenvalue weighted by Gasteiger charge is 2.27. The summed E-state index contributed by atoms with van der Waals surface area (Å²) in [6.07, 6.45) is 1.16. The Kier molecular flexibility index (Phi) is 6.48. The Morgan fingerprint density at radius 3 is 2.84 bits per heavy atom. The van der Waals surface area contributed by atoms with Crippen LogP contribution >= 0.6 is 22.9 Å². The molecule has 11 nitrogen and oxygen atoms in total. The maximum atomic E-state index is 13.4. The van der Waals surface area contributed by atoms with Crippen LogP contribution in [0.4, 0.5) is 10.7 Å². The Morgan fingerprint density at radius 2 is 2.08 bits per heavy atom. The van der Waals surface area contributed by atoms with Gasteiger partial charge < -0.3 is 19.9 Å². The minimum atomic E-state index is -0.583. The van der Waals surface area contributed by atoms with Gasteiger partial charge in [0.25, 0.3) is 5.56 Å². The van der Waals surface area contributed by atoms with Gasteiger partial charge in [0.05, 0.1) is 16.8 Å². The summed E-state index contributed by atoms with van der Waals surface area (Å²) in [4.78, 5) is 52.9. The molecule has 1 fully saturated rings. The molecule has 1 atom stereocenters. The summed E-state index contributed by atoms with van der Waals surface area (Å²) >= 11 is 7.47. The van der Waals surface area contributed by atoms with E-state index in [0.29, 0.717) is 29.1 Å². The summed E-state index contributed by atoms with van der Waals surface area (Å²) in [5, 5.41) is 4.11. The number of aromatic nitrogens is 5. The van der Waals surface area contributed by atoms with Crippen LogP contribution in [0.3, 0.4) is 0 Å². The highest BCUT2D eigenvalue weighted by molar-refractivity contribution is 7.18. The number of halogens is 1. The first kappa shape index (κ1) is 25.3. The van der Waals surface area contributed by atoms with E-state index in [1.807, 2.05) is 31.7 Å². The molecule has 1 aromatic carbocycles. The van der Waals surface area contributed by atoms with Crippen LogP contribution in [-0.2, 0) is 18.3 Å². The summed E-state index contributed by atoms with van der Waals surface area (Å²) < 4.78 is 8.82. The number of benzene rings is 1. The molecule has 1 saturated heterocycles. The van der Waals surface area contributed by atoms with Gasteiger partial charge in [0, 0.05) is 31.2 Å². The molecule has 1 aliphatic rings. The van der Waals surface area contributed by atoms with Crippen molar-refractivity contribution in [3.05, 3.63) is 49.1 Å². The molecule has 0 aliphatic carbocycles. The van der Waals surface area contributed by atoms with Gasteiger partial charge in [0.1, 0.15) is 10.6 Å². The molecule has 1 amide bonds. The second-order valence-corrected chi connectivity index (χ2v) is 11.7. The number of aryl methyl sites for hydroxylation is 1. The third kappa shape index (κ3) is 5.21. The van der Waals surface area contributed by atoms with Gasteiger partial charge in [-0.1, -0.05) is 11.6 Å². The molecule has 196 valence electrons. The second kappa shape index (κ2) is 9.49. The molecule has 3 aromatic heterocycles. The number of fused-ring (bicyclic) bond motifs is 2. The lowest BCUT2D eigenvalue weighted by Crippen LogP contribution is -2.49. The molecule has 0 radical (unpaired) electrons. The third-order valence-electron chi connectivity index (χ3n) is 6.10. The van der Waals surface area contributed by atoms with Crippen LogP contribution in [0.2, 0.25) is 5.02 Å². The summed E-state index contributed by atoms with van der Waals surface area (Å²) in [7, 11) is 1.59. The molecule has 4 heterocycles. The average molecular weight is 546 g/mol. The molecule has 0 spiro atoms. The Morgan fingerprint density at radius 1 is 1.30 bits per heavy atom. The van der Waals surface area contributed by atoms with Crippen molar-refractivity contribution in [1.29, 1.82) is 0 Å². The molecule has 0 bridgehead atoms. The fraction of sp³-hybridized carbons (Fsp3) is 0.458. The van der Waals surface area contributed by atoms with Crippen molar-refractivity contribution in [2.24, 2.45) is 7.05 Å². The van der Waals surface area contributed by atoms with E-state index in [-0.39, 0.29) is 23.8 Å². The number of rotatable bonds is 4. The number of anilines is 1. The van der Waals surface area contributed by atoms with Crippen molar-refractivity contribution in [3.63, 3.8) is 0 Å². The SMILES string of the molecule is Cn1c(=O)n(Cc2nc3cc(Cl)ccc3s2)c(=O)c2[nH]c(N3CCC[C@@H](NC(=O)OC(C)(C)C)C3)nc21. The van der Waals surface area contributed by atoms with Gasteiger partial charge in [-0.05, 0) is 51.8 Å². The molecule has 4 aromatic rings. The molecule has 0 unspecified atom stereocenters. The van der Waals surface area contributed by atoms with Crippen molar-refractivity contribution >= 4 is 56.4 Å². The topological polar surface area (TPSA) is 127 Å². The van der Waals surface area contributed by atoms with Crippen molar-refractivity contribution in [1.82, 2.24) is 29.4 Å². The first-order valence-electron chi connectivity index (χ1n) is 12.0. The quantitative estimate of drug-likeness (QED) is 0.403. The first-order valence-corrected chi connectivity index (χ1v) is 13.2. The third-order valence-corrected chi connectivity index (χ3v) is 7.35. The van der Waals surface area contributed by atoms with E-state index in [9.17, 15) is 14.4 Å². The minimum absolute atomic E-state index is 0.0400. The van der Waals surface area contributed by atoms with E-state index >= 15 is 0 Å². The molecule has 37 heavy (non-hydrogen) atoms. The van der Waals surface area contributed by atoms with Crippen molar-refractivity contribution < 1.29 is 9.53 Å². The lowest BCUT2D eigenvalue weighted by molar-refractivity contribution is 0.0500. The predicted octanol–water partition coefficient (Wildman–Crippen LogP) is 3.23. The van der Waals surface area contributed by atoms with Gasteiger partial charge in [-0.15, -0.1) is 11.3 Å². The van der Waals surface area contributed by atoms with Crippen molar-refractivity contribution in [2.45, 2.75) is 51.8 Å². The number of H-pyrrole nitrogens is 1. The summed E-state index contributed by atoms with van der Waals surface area (Å²) in [5.41, 5.74) is -0.282. The Labute approximate surface area is 221 Å². The van der Waals surface area contributed by atoms with E-state index in [1.165, 1.54) is 15.9 Å². The van der Waals surface area contributed by atoms with E-state index in [4.69, 9.17) is 16.3 Å². The molecule has 1 aliphatic heterocycles. The first-order chi connectivity index (χ1) is 17.5. The lowest BCUT2D eigenvalue weighted by atomic mass is 10.1. The van der Waals surface area contributed by atoms with Crippen LogP contribution < -0.4 is 21.5 Å². The van der Waals surface area contributed by atoms with E-state index in [0.717, 1.165) is 27.6 Å². The lowest BCUT2D eigenvalue weighted by Gasteiger charge is -2.33. The van der Waals surface area contributed by atoms with Crippen molar-refractivity contribution in [2.75, 3.05) is 18.0 Å². The van der Waals surface area contributed by atoms with E-state index in [1.54, 1.807) is 19.2 Å². The molecular formula is C24H28ClN7O4S. The fourth-order valence-electron chi connectivity index (χ4n) is 4.44. The average Bonchev–Trinajstić information content (AvgIpc) is 3.43. The van der Waals surface area contributed by atoms with Crippen LogP contribution in [-0.4, -0.2) is 54.9 Å².